The molecule has 0 aliphatic heterocycles. The minimum atomic E-state index is -4.42. The predicted molar refractivity (Wildman–Crippen MR) is 72.6 cm³/mol. The molecule has 0 spiro atoms. The number of nitrogens with one attached hydrogen (secondary N) is 2. The van der Waals surface area contributed by atoms with E-state index in [1.807, 2.05) is 20.8 Å². The molecule has 0 atom stereocenters. The van der Waals surface area contributed by atoms with Crippen LogP contribution in [0.4, 0.5) is 23.7 Å². The third kappa shape index (κ3) is 5.11. The van der Waals surface area contributed by atoms with Gasteiger partial charge >= 0.3 is 12.2 Å². The van der Waals surface area contributed by atoms with Crippen molar-refractivity contribution in [1.82, 2.24) is 5.32 Å². The van der Waals surface area contributed by atoms with Crippen molar-refractivity contribution < 1.29 is 18.0 Å². The summed E-state index contributed by atoms with van der Waals surface area (Å²) in [6, 6.07) is 4.04. The number of hydrogen-bond donors (Lipinski definition) is 2. The molecule has 0 aliphatic rings. The molecule has 0 unspecified atom stereocenters. The van der Waals surface area contributed by atoms with Gasteiger partial charge in [-0.25, -0.2) is 4.79 Å². The molecule has 0 radical (unpaired) electrons. The molecule has 1 aromatic rings. The third-order valence-corrected chi connectivity index (χ3v) is 2.77. The Kier molecular flexibility index (Phi) is 5.03. The van der Waals surface area contributed by atoms with Crippen LogP contribution in [0.25, 0.3) is 0 Å². The predicted octanol–water partition coefficient (Wildman–Crippen LogP) is 4.41. The Balaban J connectivity index is 2.72. The summed E-state index contributed by atoms with van der Waals surface area (Å²) in [6.45, 7) is 5.72. The van der Waals surface area contributed by atoms with Gasteiger partial charge in [-0.1, -0.05) is 19.4 Å². The Morgan fingerprint density at radius 2 is 1.90 bits per heavy atom. The zero-order chi connectivity index (χ0) is 15.4. The van der Waals surface area contributed by atoms with Gasteiger partial charge in [0.05, 0.1) is 5.56 Å². The lowest BCUT2D eigenvalue weighted by atomic mass is 9.99. The fourth-order valence-electron chi connectivity index (χ4n) is 1.93. The molecule has 1 aromatic carbocycles. The van der Waals surface area contributed by atoms with E-state index in [1.54, 1.807) is 0 Å². The Hall–Kier alpha value is -1.72. The number of urea groups is 1. The topological polar surface area (TPSA) is 41.1 Å². The van der Waals surface area contributed by atoms with Crippen molar-refractivity contribution in [3.05, 3.63) is 29.8 Å². The number of anilines is 1. The van der Waals surface area contributed by atoms with Crippen LogP contribution in [0.2, 0.25) is 0 Å². The van der Waals surface area contributed by atoms with Crippen LogP contribution in [0.5, 0.6) is 0 Å². The highest BCUT2D eigenvalue weighted by atomic mass is 19.4. The fourth-order valence-corrected chi connectivity index (χ4v) is 1.93. The third-order valence-electron chi connectivity index (χ3n) is 2.77. The first-order valence-electron chi connectivity index (χ1n) is 6.40. The second-order valence-corrected chi connectivity index (χ2v) is 5.29. The van der Waals surface area contributed by atoms with Crippen molar-refractivity contribution in [2.24, 2.45) is 0 Å². The molecule has 2 amide bonds. The van der Waals surface area contributed by atoms with Gasteiger partial charge in [0, 0.05) is 11.2 Å². The molecule has 6 heteroatoms. The quantitative estimate of drug-likeness (QED) is 0.846. The Morgan fingerprint density at radius 1 is 1.25 bits per heavy atom. The zero-order valence-corrected chi connectivity index (χ0v) is 11.8. The molecule has 0 bridgehead atoms. The lowest BCUT2D eigenvalue weighted by Gasteiger charge is -2.25. The lowest BCUT2D eigenvalue weighted by Crippen LogP contribution is -2.45. The fraction of sp³-hybridized carbons (Fsp3) is 0.500. The molecule has 3 nitrogen and oxygen atoms in total. The number of carbonyl (C=O) groups excluding carboxylic acids is 1. The molecule has 112 valence electrons. The smallest absolute Gasteiger partial charge is 0.333 e. The number of hydrogen-bond acceptors (Lipinski definition) is 1. The highest BCUT2D eigenvalue weighted by Crippen LogP contribution is 2.30. The number of halogens is 3. The molecular weight excluding hydrogens is 269 g/mol. The summed E-state index contributed by atoms with van der Waals surface area (Å²) in [5, 5.41) is 5.15. The second kappa shape index (κ2) is 6.15. The van der Waals surface area contributed by atoms with Crippen molar-refractivity contribution in [1.29, 1.82) is 0 Å². The number of benzene rings is 1. The molecule has 1 rings (SSSR count). The van der Waals surface area contributed by atoms with Gasteiger partial charge in [-0.2, -0.15) is 13.2 Å². The van der Waals surface area contributed by atoms with E-state index in [0.717, 1.165) is 25.0 Å². The van der Waals surface area contributed by atoms with E-state index in [0.29, 0.717) is 0 Å². The summed E-state index contributed by atoms with van der Waals surface area (Å²) in [5.41, 5.74) is -1.08. The Labute approximate surface area is 116 Å². The molecule has 0 fully saturated rings. The zero-order valence-electron chi connectivity index (χ0n) is 11.8. The van der Waals surface area contributed by atoms with Gasteiger partial charge in [0.1, 0.15) is 0 Å². The molecule has 0 heterocycles. The highest BCUT2D eigenvalue weighted by molar-refractivity contribution is 5.89. The van der Waals surface area contributed by atoms with E-state index < -0.39 is 23.3 Å². The molecular formula is C14H19F3N2O. The van der Waals surface area contributed by atoms with E-state index in [4.69, 9.17) is 0 Å². The first-order chi connectivity index (χ1) is 9.14. The number of amides is 2. The summed E-state index contributed by atoms with van der Waals surface area (Å²) >= 11 is 0. The van der Waals surface area contributed by atoms with Crippen LogP contribution in [0.3, 0.4) is 0 Å². The van der Waals surface area contributed by atoms with Crippen molar-refractivity contribution in [3.63, 3.8) is 0 Å². The van der Waals surface area contributed by atoms with Crippen LogP contribution >= 0.6 is 0 Å². The second-order valence-electron chi connectivity index (χ2n) is 5.29. The molecule has 20 heavy (non-hydrogen) atoms. The number of rotatable bonds is 4. The van der Waals surface area contributed by atoms with Crippen LogP contribution < -0.4 is 10.6 Å². The number of alkyl halides is 3. The highest BCUT2D eigenvalue weighted by Gasteiger charge is 2.30. The van der Waals surface area contributed by atoms with E-state index in [9.17, 15) is 18.0 Å². The Bertz CT molecular complexity index is 470. The molecule has 0 saturated heterocycles. The van der Waals surface area contributed by atoms with Crippen molar-refractivity contribution in [2.75, 3.05) is 5.32 Å². The van der Waals surface area contributed by atoms with Crippen LogP contribution in [0, 0.1) is 0 Å². The maximum atomic E-state index is 12.5. The molecule has 0 aliphatic carbocycles. The Morgan fingerprint density at radius 3 is 2.45 bits per heavy atom. The van der Waals surface area contributed by atoms with Gasteiger partial charge in [-0.3, -0.25) is 0 Å². The molecule has 2 N–H and O–H groups in total. The van der Waals surface area contributed by atoms with Crippen LogP contribution in [0.15, 0.2) is 24.3 Å². The maximum absolute atomic E-state index is 12.5. The van der Waals surface area contributed by atoms with Gasteiger partial charge in [0.25, 0.3) is 0 Å². The van der Waals surface area contributed by atoms with E-state index >= 15 is 0 Å². The summed E-state index contributed by atoms with van der Waals surface area (Å²) in [7, 11) is 0. The van der Waals surface area contributed by atoms with Crippen molar-refractivity contribution in [2.45, 2.75) is 45.3 Å². The van der Waals surface area contributed by atoms with Crippen molar-refractivity contribution in [3.8, 4) is 0 Å². The first-order valence-corrected chi connectivity index (χ1v) is 6.40. The van der Waals surface area contributed by atoms with Crippen LogP contribution in [-0.4, -0.2) is 11.6 Å². The van der Waals surface area contributed by atoms with E-state index in [-0.39, 0.29) is 5.69 Å². The van der Waals surface area contributed by atoms with Gasteiger partial charge in [0.15, 0.2) is 0 Å². The van der Waals surface area contributed by atoms with E-state index in [1.165, 1.54) is 12.1 Å². The number of carbonyl (C=O) groups is 1. The van der Waals surface area contributed by atoms with Crippen LogP contribution in [0.1, 0.15) is 39.2 Å². The molecule has 0 saturated carbocycles. The standard InChI is InChI=1S/C14H19F3N2O/c1-4-8-13(2,3)19-12(20)18-11-7-5-6-10(9-11)14(15,16)17/h5-7,9H,4,8H2,1-3H3,(H2,18,19,20). The monoisotopic (exact) mass is 288 g/mol. The van der Waals surface area contributed by atoms with E-state index in [2.05, 4.69) is 10.6 Å². The summed E-state index contributed by atoms with van der Waals surface area (Å²) in [5.74, 6) is 0. The minimum absolute atomic E-state index is 0.115. The largest absolute Gasteiger partial charge is 0.416 e. The lowest BCUT2D eigenvalue weighted by molar-refractivity contribution is -0.137. The summed E-state index contributed by atoms with van der Waals surface area (Å²) in [4.78, 5) is 11.8. The normalized spacial score (nSPS) is 12.1. The maximum Gasteiger partial charge on any atom is 0.416 e. The SMILES string of the molecule is CCCC(C)(C)NC(=O)Nc1cccc(C(F)(F)F)c1. The van der Waals surface area contributed by atoms with Gasteiger partial charge in [0.2, 0.25) is 0 Å². The summed E-state index contributed by atoms with van der Waals surface area (Å²) < 4.78 is 37.6. The van der Waals surface area contributed by atoms with Crippen LogP contribution in [-0.2, 0) is 6.18 Å². The average Bonchev–Trinajstić information content (AvgIpc) is 2.26. The van der Waals surface area contributed by atoms with Gasteiger partial charge in [-0.05, 0) is 38.5 Å². The minimum Gasteiger partial charge on any atom is -0.333 e. The first kappa shape index (κ1) is 16.3. The van der Waals surface area contributed by atoms with Crippen molar-refractivity contribution >= 4 is 11.7 Å². The average molecular weight is 288 g/mol. The van der Waals surface area contributed by atoms with Gasteiger partial charge in [-0.15, -0.1) is 0 Å². The summed E-state index contributed by atoms with van der Waals surface area (Å²) in [6.07, 6.45) is -2.74. The van der Waals surface area contributed by atoms with Gasteiger partial charge < -0.3 is 10.6 Å². The molecule has 0 aromatic heterocycles.